The van der Waals surface area contributed by atoms with E-state index >= 15 is 0 Å². The van der Waals surface area contributed by atoms with E-state index in [1.807, 2.05) is 18.2 Å². The summed E-state index contributed by atoms with van der Waals surface area (Å²) >= 11 is 3.16. The maximum atomic E-state index is 12.8. The predicted molar refractivity (Wildman–Crippen MR) is 127 cm³/mol. The van der Waals surface area contributed by atoms with Gasteiger partial charge in [0.15, 0.2) is 5.13 Å². The molecule has 1 aliphatic rings. The van der Waals surface area contributed by atoms with E-state index in [4.69, 9.17) is 9.72 Å². The minimum absolute atomic E-state index is 0.0255. The third kappa shape index (κ3) is 4.39. The molecule has 1 fully saturated rings. The molecule has 0 atom stereocenters. The number of fused-ring (bicyclic) bond motifs is 1. The number of methoxy groups -OCH3 is 1. The van der Waals surface area contributed by atoms with Crippen LogP contribution in [0.15, 0.2) is 30.3 Å². The number of hydrogen-bond donors (Lipinski definition) is 1. The van der Waals surface area contributed by atoms with Gasteiger partial charge in [0.25, 0.3) is 5.91 Å². The number of thiazole rings is 1. The number of piperidine rings is 1. The molecule has 6 nitrogen and oxygen atoms in total. The lowest BCUT2D eigenvalue weighted by atomic mass is 10.0. The fourth-order valence-corrected chi connectivity index (χ4v) is 6.04. The number of hydrogen-bond acceptors (Lipinski definition) is 7. The van der Waals surface area contributed by atoms with Crippen molar-refractivity contribution in [2.45, 2.75) is 32.7 Å². The van der Waals surface area contributed by atoms with Crippen molar-refractivity contribution in [2.75, 3.05) is 43.1 Å². The fourth-order valence-electron chi connectivity index (χ4n) is 3.80. The van der Waals surface area contributed by atoms with Crippen LogP contribution in [0.3, 0.4) is 0 Å². The molecule has 1 N–H and O–H groups in total. The van der Waals surface area contributed by atoms with Crippen LogP contribution in [-0.4, -0.2) is 50.2 Å². The van der Waals surface area contributed by atoms with Gasteiger partial charge in [-0.2, -0.15) is 0 Å². The van der Waals surface area contributed by atoms with Crippen molar-refractivity contribution in [1.29, 1.82) is 0 Å². The highest BCUT2D eigenvalue weighted by atomic mass is 32.1. The summed E-state index contributed by atoms with van der Waals surface area (Å²) in [5.41, 5.74) is 1.20. The number of carbonyl (C=O) groups is 1. The predicted octanol–water partition coefficient (Wildman–Crippen LogP) is 4.61. The Morgan fingerprint density at radius 1 is 1.20 bits per heavy atom. The van der Waals surface area contributed by atoms with Gasteiger partial charge in [-0.15, -0.1) is 11.3 Å². The fraction of sp³-hybridized carbons (Fsp3) is 0.455. The molecule has 1 aromatic carbocycles. The van der Waals surface area contributed by atoms with Crippen molar-refractivity contribution < 1.29 is 9.53 Å². The molecule has 3 heterocycles. The Kier molecular flexibility index (Phi) is 6.43. The number of rotatable bonds is 7. The number of nitrogens with one attached hydrogen (secondary N) is 1. The molecule has 1 amide bonds. The second-order valence-electron chi connectivity index (χ2n) is 7.38. The topological polar surface area (TPSA) is 57.7 Å². The van der Waals surface area contributed by atoms with Gasteiger partial charge in [-0.25, -0.2) is 4.98 Å². The highest BCUT2D eigenvalue weighted by Crippen LogP contribution is 2.34. The number of nitrogens with zero attached hydrogens (tertiary/aromatic N) is 3. The number of carbonyl (C=O) groups excluding carboxylic acids is 1. The minimum atomic E-state index is 0.0255. The molecule has 0 unspecified atom stereocenters. The van der Waals surface area contributed by atoms with E-state index < -0.39 is 0 Å². The summed E-state index contributed by atoms with van der Waals surface area (Å²) in [5.74, 6) is 0.896. The van der Waals surface area contributed by atoms with Crippen molar-refractivity contribution in [2.24, 2.45) is 0 Å². The lowest BCUT2D eigenvalue weighted by Crippen LogP contribution is -2.44. The van der Waals surface area contributed by atoms with E-state index in [1.165, 1.54) is 17.0 Å². The molecule has 2 aromatic heterocycles. The van der Waals surface area contributed by atoms with Crippen molar-refractivity contribution in [3.05, 3.63) is 35.2 Å². The third-order valence-corrected chi connectivity index (χ3v) is 7.82. The Bertz CT molecular complexity index is 955. The first-order valence-corrected chi connectivity index (χ1v) is 12.1. The quantitative estimate of drug-likeness (QED) is 0.577. The van der Waals surface area contributed by atoms with Gasteiger partial charge in [-0.1, -0.05) is 11.3 Å². The summed E-state index contributed by atoms with van der Waals surface area (Å²) in [5, 5.41) is 4.27. The monoisotopic (exact) mass is 444 g/mol. The maximum absolute atomic E-state index is 12.8. The first-order valence-electron chi connectivity index (χ1n) is 10.5. The van der Waals surface area contributed by atoms with E-state index in [0.29, 0.717) is 0 Å². The van der Waals surface area contributed by atoms with Crippen LogP contribution in [0, 0.1) is 0 Å². The van der Waals surface area contributed by atoms with E-state index in [9.17, 15) is 4.79 Å². The zero-order valence-corrected chi connectivity index (χ0v) is 19.3. The molecular formula is C22H28N4O2S2. The largest absolute Gasteiger partial charge is 0.497 e. The molecular weight excluding hydrogens is 416 g/mol. The molecule has 0 spiro atoms. The van der Waals surface area contributed by atoms with Crippen molar-refractivity contribution in [1.82, 2.24) is 10.3 Å². The van der Waals surface area contributed by atoms with E-state index in [2.05, 4.69) is 41.1 Å². The molecule has 1 saturated heterocycles. The van der Waals surface area contributed by atoms with Crippen LogP contribution in [-0.2, 0) is 0 Å². The normalized spacial score (nSPS) is 14.8. The summed E-state index contributed by atoms with van der Waals surface area (Å²) in [6.45, 7) is 8.03. The molecule has 8 heteroatoms. The van der Waals surface area contributed by atoms with Crippen LogP contribution in [0.5, 0.6) is 5.75 Å². The number of ether oxygens (including phenoxy) is 1. The Morgan fingerprint density at radius 2 is 1.90 bits per heavy atom. The minimum Gasteiger partial charge on any atom is -0.497 e. The molecule has 0 radical (unpaired) electrons. The van der Waals surface area contributed by atoms with Crippen LogP contribution in [0.1, 0.15) is 36.4 Å². The molecule has 1 aliphatic heterocycles. The average molecular weight is 445 g/mol. The molecule has 160 valence electrons. The van der Waals surface area contributed by atoms with Crippen LogP contribution in [0.2, 0.25) is 0 Å². The van der Waals surface area contributed by atoms with Crippen molar-refractivity contribution in [3.8, 4) is 5.75 Å². The van der Waals surface area contributed by atoms with Gasteiger partial charge in [0.05, 0.1) is 16.7 Å². The van der Waals surface area contributed by atoms with E-state index in [0.717, 1.165) is 64.3 Å². The standard InChI is InChI=1S/C22H28N4O2S2/c1-4-25(5-2)22-24-21-19(30-22)14-18(29-21)20(27)23-15-10-12-26(13-11-15)16-6-8-17(28-3)9-7-16/h6-9,14-15H,4-5,10-13H2,1-3H3,(H,23,27). The number of anilines is 2. The van der Waals surface area contributed by atoms with Gasteiger partial charge >= 0.3 is 0 Å². The molecule has 3 aromatic rings. The van der Waals surface area contributed by atoms with Crippen molar-refractivity contribution >= 4 is 48.9 Å². The van der Waals surface area contributed by atoms with Gasteiger partial charge in [0, 0.05) is 37.9 Å². The summed E-state index contributed by atoms with van der Waals surface area (Å²) in [7, 11) is 1.68. The zero-order valence-electron chi connectivity index (χ0n) is 17.7. The Labute approximate surface area is 185 Å². The molecule has 0 bridgehead atoms. The zero-order chi connectivity index (χ0) is 21.1. The van der Waals surface area contributed by atoms with E-state index in [-0.39, 0.29) is 11.9 Å². The second kappa shape index (κ2) is 9.22. The SMILES string of the molecule is CCN(CC)c1nc2sc(C(=O)NC3CCN(c4ccc(OC)cc4)CC3)cc2s1. The molecule has 30 heavy (non-hydrogen) atoms. The summed E-state index contributed by atoms with van der Waals surface area (Å²) < 4.78 is 6.33. The first-order chi connectivity index (χ1) is 14.6. The smallest absolute Gasteiger partial charge is 0.261 e. The average Bonchev–Trinajstić information content (AvgIpc) is 3.35. The summed E-state index contributed by atoms with van der Waals surface area (Å²) in [4.78, 5) is 23.8. The van der Waals surface area contributed by atoms with Crippen LogP contribution >= 0.6 is 22.7 Å². The molecule has 4 rings (SSSR count). The van der Waals surface area contributed by atoms with Crippen LogP contribution in [0.4, 0.5) is 10.8 Å². The van der Waals surface area contributed by atoms with Gasteiger partial charge in [0.1, 0.15) is 10.6 Å². The first kappa shape index (κ1) is 20.9. The molecule has 0 aliphatic carbocycles. The van der Waals surface area contributed by atoms with Crippen molar-refractivity contribution in [3.63, 3.8) is 0 Å². The van der Waals surface area contributed by atoms with E-state index in [1.54, 1.807) is 18.4 Å². The lowest BCUT2D eigenvalue weighted by molar-refractivity contribution is 0.0935. The summed E-state index contributed by atoms with van der Waals surface area (Å²) in [6.07, 6.45) is 1.89. The van der Waals surface area contributed by atoms with Crippen LogP contribution in [0.25, 0.3) is 9.53 Å². The van der Waals surface area contributed by atoms with Gasteiger partial charge < -0.3 is 19.9 Å². The third-order valence-electron chi connectivity index (χ3n) is 5.60. The number of benzene rings is 1. The van der Waals surface area contributed by atoms with Gasteiger partial charge in [-0.3, -0.25) is 4.79 Å². The highest BCUT2D eigenvalue weighted by Gasteiger charge is 2.23. The Hall–Kier alpha value is -2.32. The van der Waals surface area contributed by atoms with Gasteiger partial charge in [0.2, 0.25) is 0 Å². The van der Waals surface area contributed by atoms with Gasteiger partial charge in [-0.05, 0) is 57.0 Å². The number of thiophene rings is 1. The maximum Gasteiger partial charge on any atom is 0.261 e. The number of amides is 1. The molecule has 0 saturated carbocycles. The second-order valence-corrected chi connectivity index (χ2v) is 9.42. The highest BCUT2D eigenvalue weighted by molar-refractivity contribution is 7.29. The Balaban J connectivity index is 1.33. The lowest BCUT2D eigenvalue weighted by Gasteiger charge is -2.34. The summed E-state index contributed by atoms with van der Waals surface area (Å²) in [6, 6.07) is 10.4. The Morgan fingerprint density at radius 3 is 2.50 bits per heavy atom. The van der Waals surface area contributed by atoms with Crippen LogP contribution < -0.4 is 19.9 Å². The number of aromatic nitrogens is 1.